The van der Waals surface area contributed by atoms with Crippen molar-refractivity contribution in [2.24, 2.45) is 0 Å². The molecule has 0 spiro atoms. The van der Waals surface area contributed by atoms with Crippen molar-refractivity contribution in [2.75, 3.05) is 23.5 Å². The Hall–Kier alpha value is -0.680. The Balaban J connectivity index is 2.47. The molecule has 0 aliphatic carbocycles. The molecule has 0 heterocycles. The van der Waals surface area contributed by atoms with E-state index in [4.69, 9.17) is 5.73 Å². The monoisotopic (exact) mass is 231 g/mol. The van der Waals surface area contributed by atoms with Crippen LogP contribution in [-0.4, -0.2) is 26.2 Å². The van der Waals surface area contributed by atoms with Gasteiger partial charge in [0.05, 0.1) is 5.75 Å². The first kappa shape index (κ1) is 11.4. The second-order valence-electron chi connectivity index (χ2n) is 3.05. The van der Waals surface area contributed by atoms with Crippen LogP contribution in [0.15, 0.2) is 29.2 Å². The molecule has 5 heteroatoms. The van der Waals surface area contributed by atoms with E-state index in [0.717, 1.165) is 4.90 Å². The number of hydrogen-bond acceptors (Lipinski definition) is 4. The quantitative estimate of drug-likeness (QED) is 0.628. The molecule has 0 bridgehead atoms. The molecule has 2 N–H and O–H groups in total. The summed E-state index contributed by atoms with van der Waals surface area (Å²) in [6.07, 6.45) is 1.24. The molecular weight excluding hydrogens is 218 g/mol. The highest BCUT2D eigenvalue weighted by atomic mass is 32.2. The molecule has 0 amide bonds. The number of thioether (sulfide) groups is 1. The van der Waals surface area contributed by atoms with Gasteiger partial charge in [-0.1, -0.05) is 6.07 Å². The lowest BCUT2D eigenvalue weighted by molar-refractivity contribution is 0.603. The third-order valence-electron chi connectivity index (χ3n) is 1.58. The first-order valence-electron chi connectivity index (χ1n) is 4.13. The zero-order valence-electron chi connectivity index (χ0n) is 7.93. The summed E-state index contributed by atoms with van der Waals surface area (Å²) in [4.78, 5) is 1.01. The van der Waals surface area contributed by atoms with E-state index in [1.807, 2.05) is 18.2 Å². The van der Waals surface area contributed by atoms with Crippen molar-refractivity contribution in [3.05, 3.63) is 24.3 Å². The van der Waals surface area contributed by atoms with E-state index < -0.39 is 9.84 Å². The van der Waals surface area contributed by atoms with Crippen LogP contribution in [0.25, 0.3) is 0 Å². The summed E-state index contributed by atoms with van der Waals surface area (Å²) in [6, 6.07) is 7.43. The van der Waals surface area contributed by atoms with Crippen molar-refractivity contribution in [1.82, 2.24) is 0 Å². The number of sulfone groups is 1. The van der Waals surface area contributed by atoms with E-state index in [-0.39, 0.29) is 5.75 Å². The van der Waals surface area contributed by atoms with E-state index in [1.165, 1.54) is 18.0 Å². The van der Waals surface area contributed by atoms with Crippen molar-refractivity contribution in [3.8, 4) is 0 Å². The van der Waals surface area contributed by atoms with Gasteiger partial charge in [-0.3, -0.25) is 0 Å². The maximum Gasteiger partial charge on any atom is 0.148 e. The second kappa shape index (κ2) is 4.70. The fourth-order valence-electron chi connectivity index (χ4n) is 0.915. The van der Waals surface area contributed by atoms with Crippen molar-refractivity contribution in [1.29, 1.82) is 0 Å². The van der Waals surface area contributed by atoms with Gasteiger partial charge in [0.25, 0.3) is 0 Å². The summed E-state index contributed by atoms with van der Waals surface area (Å²) in [5.74, 6) is 0.773. The molecule has 0 aromatic heterocycles. The summed E-state index contributed by atoms with van der Waals surface area (Å²) < 4.78 is 21.7. The van der Waals surface area contributed by atoms with Crippen molar-refractivity contribution < 1.29 is 8.42 Å². The van der Waals surface area contributed by atoms with Gasteiger partial charge in [0.15, 0.2) is 0 Å². The minimum atomic E-state index is -2.86. The van der Waals surface area contributed by atoms with Crippen LogP contribution in [0.1, 0.15) is 0 Å². The van der Waals surface area contributed by atoms with Gasteiger partial charge in [-0.15, -0.1) is 11.8 Å². The number of nitrogen functional groups attached to an aromatic ring is 1. The van der Waals surface area contributed by atoms with Gasteiger partial charge in [-0.2, -0.15) is 0 Å². The van der Waals surface area contributed by atoms with Gasteiger partial charge in [0.1, 0.15) is 9.84 Å². The molecule has 0 saturated heterocycles. The van der Waals surface area contributed by atoms with Crippen LogP contribution < -0.4 is 5.73 Å². The molecular formula is C9H13NO2S2. The summed E-state index contributed by atoms with van der Waals surface area (Å²) >= 11 is 1.50. The van der Waals surface area contributed by atoms with E-state index in [0.29, 0.717) is 11.4 Å². The van der Waals surface area contributed by atoms with Crippen molar-refractivity contribution in [3.63, 3.8) is 0 Å². The van der Waals surface area contributed by atoms with Gasteiger partial charge >= 0.3 is 0 Å². The Bertz CT molecular complexity index is 401. The molecule has 0 fully saturated rings. The highest BCUT2D eigenvalue weighted by Crippen LogP contribution is 2.19. The molecule has 0 saturated carbocycles. The lowest BCUT2D eigenvalue weighted by Crippen LogP contribution is -2.04. The molecule has 3 nitrogen and oxygen atoms in total. The van der Waals surface area contributed by atoms with E-state index in [1.54, 1.807) is 6.07 Å². The normalized spacial score (nSPS) is 11.5. The molecule has 0 radical (unpaired) electrons. The van der Waals surface area contributed by atoms with Crippen molar-refractivity contribution >= 4 is 27.3 Å². The number of benzene rings is 1. The lowest BCUT2D eigenvalue weighted by Gasteiger charge is -2.01. The van der Waals surface area contributed by atoms with Gasteiger partial charge in [-0.25, -0.2) is 8.42 Å². The maximum atomic E-state index is 10.9. The van der Waals surface area contributed by atoms with Crippen molar-refractivity contribution in [2.45, 2.75) is 4.90 Å². The minimum absolute atomic E-state index is 0.201. The Kier molecular flexibility index (Phi) is 3.83. The van der Waals surface area contributed by atoms with E-state index in [2.05, 4.69) is 0 Å². The Morgan fingerprint density at radius 3 is 2.71 bits per heavy atom. The molecule has 1 rings (SSSR count). The average Bonchev–Trinajstić information content (AvgIpc) is 2.01. The molecule has 0 atom stereocenters. The second-order valence-corrected chi connectivity index (χ2v) is 6.48. The SMILES string of the molecule is CS(=O)(=O)CCSc1cccc(N)c1. The van der Waals surface area contributed by atoms with Crippen LogP contribution in [0.3, 0.4) is 0 Å². The van der Waals surface area contributed by atoms with Crippen LogP contribution in [-0.2, 0) is 9.84 Å². The maximum absolute atomic E-state index is 10.9. The zero-order chi connectivity index (χ0) is 10.6. The van der Waals surface area contributed by atoms with Crippen LogP contribution in [0.5, 0.6) is 0 Å². The fraction of sp³-hybridized carbons (Fsp3) is 0.333. The summed E-state index contributed by atoms with van der Waals surface area (Å²) in [5, 5.41) is 0. The highest BCUT2D eigenvalue weighted by Gasteiger charge is 2.02. The standard InChI is InChI=1S/C9H13NO2S2/c1-14(11,12)6-5-13-9-4-2-3-8(10)7-9/h2-4,7H,5-6,10H2,1H3. The number of hydrogen-bond donors (Lipinski definition) is 1. The van der Waals surface area contributed by atoms with E-state index >= 15 is 0 Å². The third kappa shape index (κ3) is 4.53. The Morgan fingerprint density at radius 1 is 1.43 bits per heavy atom. The lowest BCUT2D eigenvalue weighted by atomic mass is 10.3. The predicted octanol–water partition coefficient (Wildman–Crippen LogP) is 1.41. The van der Waals surface area contributed by atoms with E-state index in [9.17, 15) is 8.42 Å². The summed E-state index contributed by atoms with van der Waals surface area (Å²) in [6.45, 7) is 0. The first-order valence-corrected chi connectivity index (χ1v) is 7.18. The Morgan fingerprint density at radius 2 is 2.14 bits per heavy atom. The number of anilines is 1. The molecule has 78 valence electrons. The first-order chi connectivity index (χ1) is 6.47. The molecule has 0 aliphatic rings. The highest BCUT2D eigenvalue weighted by molar-refractivity contribution is 8.00. The number of rotatable bonds is 4. The minimum Gasteiger partial charge on any atom is -0.399 e. The van der Waals surface area contributed by atoms with Gasteiger partial charge in [0, 0.05) is 22.6 Å². The van der Waals surface area contributed by atoms with Gasteiger partial charge in [-0.05, 0) is 18.2 Å². The van der Waals surface area contributed by atoms with Gasteiger partial charge in [0.2, 0.25) is 0 Å². The van der Waals surface area contributed by atoms with Gasteiger partial charge < -0.3 is 5.73 Å². The molecule has 0 aliphatic heterocycles. The predicted molar refractivity (Wildman–Crippen MR) is 61.3 cm³/mol. The van der Waals surface area contributed by atoms with Crippen LogP contribution in [0, 0.1) is 0 Å². The largest absolute Gasteiger partial charge is 0.399 e. The molecule has 1 aromatic rings. The topological polar surface area (TPSA) is 60.2 Å². The van der Waals surface area contributed by atoms with Crippen LogP contribution in [0.2, 0.25) is 0 Å². The molecule has 1 aromatic carbocycles. The smallest absolute Gasteiger partial charge is 0.148 e. The molecule has 0 unspecified atom stereocenters. The van der Waals surface area contributed by atoms with Crippen LogP contribution in [0.4, 0.5) is 5.69 Å². The average molecular weight is 231 g/mol. The molecule has 14 heavy (non-hydrogen) atoms. The third-order valence-corrected chi connectivity index (χ3v) is 3.78. The fourth-order valence-corrected chi connectivity index (χ4v) is 3.09. The van der Waals surface area contributed by atoms with Crippen LogP contribution >= 0.6 is 11.8 Å². The Labute approximate surface area is 88.6 Å². The zero-order valence-corrected chi connectivity index (χ0v) is 9.57. The number of nitrogens with two attached hydrogens (primary N) is 1. The summed E-state index contributed by atoms with van der Waals surface area (Å²) in [5.41, 5.74) is 6.29. The summed E-state index contributed by atoms with van der Waals surface area (Å²) in [7, 11) is -2.86.